The first-order valence-electron chi connectivity index (χ1n) is 8.91. The predicted molar refractivity (Wildman–Crippen MR) is 106 cm³/mol. The summed E-state index contributed by atoms with van der Waals surface area (Å²) >= 11 is 0. The number of rotatable bonds is 4. The van der Waals surface area contributed by atoms with Crippen LogP contribution in [0.5, 0.6) is 0 Å². The van der Waals surface area contributed by atoms with Gasteiger partial charge in [-0.05, 0) is 55.7 Å². The van der Waals surface area contributed by atoms with Gasteiger partial charge in [0.05, 0.1) is 11.4 Å². The van der Waals surface area contributed by atoms with Gasteiger partial charge in [-0.2, -0.15) is 0 Å². The second-order valence-electron chi connectivity index (χ2n) is 6.52. The molecule has 0 unspecified atom stereocenters. The molecular formula is C20H20N2O4S. The van der Waals surface area contributed by atoms with Crippen molar-refractivity contribution in [2.24, 2.45) is 0 Å². The van der Waals surface area contributed by atoms with Gasteiger partial charge in [0.25, 0.3) is 5.91 Å². The van der Waals surface area contributed by atoms with E-state index in [0.717, 1.165) is 23.8 Å². The van der Waals surface area contributed by atoms with Gasteiger partial charge >= 0.3 is 0 Å². The van der Waals surface area contributed by atoms with Crippen molar-refractivity contribution in [2.45, 2.75) is 19.8 Å². The van der Waals surface area contributed by atoms with Gasteiger partial charge in [-0.25, -0.2) is 8.42 Å². The minimum Gasteiger partial charge on any atom is -0.451 e. The maximum absolute atomic E-state index is 12.5. The topological polar surface area (TPSA) is 79.6 Å². The summed E-state index contributed by atoms with van der Waals surface area (Å²) in [5.41, 5.74) is 2.90. The van der Waals surface area contributed by atoms with Crippen molar-refractivity contribution in [3.63, 3.8) is 0 Å². The number of hydrogen-bond donors (Lipinski definition) is 1. The van der Waals surface area contributed by atoms with E-state index in [2.05, 4.69) is 5.32 Å². The monoisotopic (exact) mass is 384 g/mol. The molecule has 1 aliphatic heterocycles. The number of para-hydroxylation sites is 1. The first kappa shape index (κ1) is 17.6. The van der Waals surface area contributed by atoms with Crippen molar-refractivity contribution >= 4 is 38.3 Å². The Balaban J connectivity index is 1.59. The zero-order chi connectivity index (χ0) is 19.0. The second-order valence-corrected chi connectivity index (χ2v) is 8.70. The Morgan fingerprint density at radius 3 is 2.78 bits per heavy atom. The van der Waals surface area contributed by atoms with Crippen LogP contribution in [-0.4, -0.2) is 26.6 Å². The number of nitrogens with one attached hydrogen (secondary N) is 1. The maximum atomic E-state index is 12.5. The quantitative estimate of drug-likeness (QED) is 0.742. The highest BCUT2D eigenvalue weighted by Gasteiger charge is 2.26. The van der Waals surface area contributed by atoms with Crippen LogP contribution >= 0.6 is 0 Å². The smallest absolute Gasteiger partial charge is 0.291 e. The van der Waals surface area contributed by atoms with Crippen LogP contribution < -0.4 is 9.62 Å². The van der Waals surface area contributed by atoms with Crippen molar-refractivity contribution in [3.8, 4) is 0 Å². The molecule has 0 saturated heterocycles. The lowest BCUT2D eigenvalue weighted by Crippen LogP contribution is -2.36. The van der Waals surface area contributed by atoms with Crippen LogP contribution in [0.1, 0.15) is 29.5 Å². The van der Waals surface area contributed by atoms with Crippen LogP contribution in [0.2, 0.25) is 0 Å². The molecular weight excluding hydrogens is 364 g/mol. The molecule has 1 aromatic heterocycles. The Hall–Kier alpha value is -2.80. The molecule has 0 saturated carbocycles. The van der Waals surface area contributed by atoms with Crippen LogP contribution in [0.4, 0.5) is 11.4 Å². The van der Waals surface area contributed by atoms with E-state index in [9.17, 15) is 13.2 Å². The van der Waals surface area contributed by atoms with E-state index in [1.54, 1.807) is 25.1 Å². The van der Waals surface area contributed by atoms with Gasteiger partial charge in [-0.1, -0.05) is 18.2 Å². The van der Waals surface area contributed by atoms with Crippen LogP contribution in [-0.2, 0) is 16.4 Å². The molecule has 1 aliphatic rings. The van der Waals surface area contributed by atoms with E-state index < -0.39 is 10.0 Å². The number of carbonyl (C=O) groups excluding carboxylic acids is 1. The highest BCUT2D eigenvalue weighted by atomic mass is 32.2. The Labute approximate surface area is 157 Å². The third-order valence-electron chi connectivity index (χ3n) is 4.76. The fourth-order valence-corrected chi connectivity index (χ4v) is 4.57. The van der Waals surface area contributed by atoms with Crippen molar-refractivity contribution in [1.82, 2.24) is 0 Å². The molecule has 6 nitrogen and oxygen atoms in total. The molecule has 7 heteroatoms. The molecule has 0 atom stereocenters. The molecule has 2 aromatic carbocycles. The summed E-state index contributed by atoms with van der Waals surface area (Å²) in [5.74, 6) is -0.0270. The van der Waals surface area contributed by atoms with Gasteiger partial charge in [-0.15, -0.1) is 0 Å². The van der Waals surface area contributed by atoms with E-state index in [0.29, 0.717) is 23.5 Å². The molecule has 3 aromatic rings. The summed E-state index contributed by atoms with van der Waals surface area (Å²) in [6.07, 6.45) is 1.53. The summed E-state index contributed by atoms with van der Waals surface area (Å²) in [5, 5.41) is 3.71. The van der Waals surface area contributed by atoms with Crippen molar-refractivity contribution < 1.29 is 17.6 Å². The van der Waals surface area contributed by atoms with Gasteiger partial charge < -0.3 is 9.73 Å². The Morgan fingerprint density at radius 1 is 1.19 bits per heavy atom. The fourth-order valence-electron chi connectivity index (χ4n) is 3.37. The number of sulfonamides is 1. The van der Waals surface area contributed by atoms with Crippen LogP contribution in [0.25, 0.3) is 11.0 Å². The summed E-state index contributed by atoms with van der Waals surface area (Å²) in [7, 11) is -3.30. The van der Waals surface area contributed by atoms with Crippen molar-refractivity contribution in [3.05, 3.63) is 59.9 Å². The minimum atomic E-state index is -3.30. The molecule has 0 spiro atoms. The molecule has 0 bridgehead atoms. The van der Waals surface area contributed by atoms with Gasteiger partial charge in [-0.3, -0.25) is 9.10 Å². The summed E-state index contributed by atoms with van der Waals surface area (Å²) < 4.78 is 31.6. The average molecular weight is 384 g/mol. The Morgan fingerprint density at radius 2 is 2.00 bits per heavy atom. The van der Waals surface area contributed by atoms with E-state index in [1.165, 1.54) is 4.31 Å². The summed E-state index contributed by atoms with van der Waals surface area (Å²) in [6, 6.07) is 14.5. The first-order chi connectivity index (χ1) is 13.0. The molecule has 2 heterocycles. The van der Waals surface area contributed by atoms with Crippen LogP contribution in [0.3, 0.4) is 0 Å². The zero-order valence-electron chi connectivity index (χ0n) is 14.9. The standard InChI is InChI=1S/C20H20N2O4S/c1-2-27(24,25)22-11-5-7-14-12-16(9-10-17(14)22)21-20(23)19-13-15-6-3-4-8-18(15)26-19/h3-4,6,8-10,12-13H,2,5,7,11H2,1H3,(H,21,23). The van der Waals surface area contributed by atoms with Gasteiger partial charge in [0.15, 0.2) is 5.76 Å². The SMILES string of the molecule is CCS(=O)(=O)N1CCCc2cc(NC(=O)c3cc4ccccc4o3)ccc21. The zero-order valence-corrected chi connectivity index (χ0v) is 15.8. The fraction of sp³-hybridized carbons (Fsp3) is 0.250. The number of aryl methyl sites for hydroxylation is 1. The Kier molecular flexibility index (Phi) is 4.39. The number of hydrogen-bond acceptors (Lipinski definition) is 4. The number of carbonyl (C=O) groups is 1. The van der Waals surface area contributed by atoms with E-state index >= 15 is 0 Å². The van der Waals surface area contributed by atoms with Gasteiger partial charge in [0.1, 0.15) is 5.58 Å². The highest BCUT2D eigenvalue weighted by Crippen LogP contribution is 2.32. The Bertz CT molecular complexity index is 1080. The van der Waals surface area contributed by atoms with Gasteiger partial charge in [0.2, 0.25) is 10.0 Å². The predicted octanol–water partition coefficient (Wildman–Crippen LogP) is 3.79. The van der Waals surface area contributed by atoms with Crippen LogP contribution in [0, 0.1) is 0 Å². The number of furan rings is 1. The van der Waals surface area contributed by atoms with Crippen LogP contribution in [0.15, 0.2) is 52.9 Å². The third-order valence-corrected chi connectivity index (χ3v) is 6.54. The van der Waals surface area contributed by atoms with Crippen molar-refractivity contribution in [2.75, 3.05) is 21.9 Å². The maximum Gasteiger partial charge on any atom is 0.291 e. The highest BCUT2D eigenvalue weighted by molar-refractivity contribution is 7.92. The molecule has 27 heavy (non-hydrogen) atoms. The largest absolute Gasteiger partial charge is 0.451 e. The molecule has 0 fully saturated rings. The number of anilines is 2. The lowest BCUT2D eigenvalue weighted by atomic mass is 10.0. The molecule has 0 radical (unpaired) electrons. The number of benzene rings is 2. The number of amides is 1. The molecule has 1 N–H and O–H groups in total. The minimum absolute atomic E-state index is 0.0664. The third kappa shape index (κ3) is 3.30. The van der Waals surface area contributed by atoms with Gasteiger partial charge in [0, 0.05) is 17.6 Å². The molecule has 140 valence electrons. The average Bonchev–Trinajstić information content (AvgIpc) is 3.11. The van der Waals surface area contributed by atoms with Crippen molar-refractivity contribution in [1.29, 1.82) is 0 Å². The first-order valence-corrected chi connectivity index (χ1v) is 10.5. The summed E-state index contributed by atoms with van der Waals surface area (Å²) in [4.78, 5) is 12.5. The number of fused-ring (bicyclic) bond motifs is 2. The lowest BCUT2D eigenvalue weighted by molar-refractivity contribution is 0.0998. The summed E-state index contributed by atoms with van der Waals surface area (Å²) in [6.45, 7) is 2.14. The normalized spacial score (nSPS) is 14.2. The number of nitrogens with zero attached hydrogens (tertiary/aromatic N) is 1. The van der Waals surface area contributed by atoms with E-state index in [4.69, 9.17) is 4.42 Å². The van der Waals surface area contributed by atoms with E-state index in [-0.39, 0.29) is 17.4 Å². The van der Waals surface area contributed by atoms with E-state index in [1.807, 2.05) is 30.3 Å². The molecule has 0 aliphatic carbocycles. The molecule has 1 amide bonds. The second kappa shape index (κ2) is 6.74. The molecule has 4 rings (SSSR count). The lowest BCUT2D eigenvalue weighted by Gasteiger charge is -2.30.